The highest BCUT2D eigenvalue weighted by Gasteiger charge is 2.16. The van der Waals surface area contributed by atoms with E-state index in [-0.39, 0.29) is 5.92 Å². The predicted molar refractivity (Wildman–Crippen MR) is 89.8 cm³/mol. The lowest BCUT2D eigenvalue weighted by Crippen LogP contribution is -2.31. The summed E-state index contributed by atoms with van der Waals surface area (Å²) in [5.74, 6) is 8.13. The average Bonchev–Trinajstić information content (AvgIpc) is 2.98. The lowest BCUT2D eigenvalue weighted by Gasteiger charge is -2.26. The highest BCUT2D eigenvalue weighted by atomic mass is 32.1. The van der Waals surface area contributed by atoms with Crippen molar-refractivity contribution in [3.63, 3.8) is 0 Å². The predicted octanol–water partition coefficient (Wildman–Crippen LogP) is 3.01. The summed E-state index contributed by atoms with van der Waals surface area (Å²) in [5.41, 5.74) is 2.63. The van der Waals surface area contributed by atoms with Gasteiger partial charge in [0.05, 0.1) is 0 Å². The molecule has 0 saturated heterocycles. The SMILES string of the molecule is CC(C)c1nc(NN)cc(N(C)C(C)Cc2cccs2)n1. The van der Waals surface area contributed by atoms with Gasteiger partial charge in [0.2, 0.25) is 0 Å². The van der Waals surface area contributed by atoms with Crippen LogP contribution in [0, 0.1) is 0 Å². The largest absolute Gasteiger partial charge is 0.356 e. The molecule has 114 valence electrons. The number of hydrazine groups is 1. The molecule has 2 aromatic heterocycles. The van der Waals surface area contributed by atoms with Crippen molar-refractivity contribution < 1.29 is 0 Å². The van der Waals surface area contributed by atoms with Gasteiger partial charge in [0.25, 0.3) is 0 Å². The molecule has 21 heavy (non-hydrogen) atoms. The van der Waals surface area contributed by atoms with E-state index in [4.69, 9.17) is 5.84 Å². The number of nitrogens with two attached hydrogens (primary N) is 1. The number of nitrogens with one attached hydrogen (secondary N) is 1. The second-order valence-corrected chi connectivity index (χ2v) is 6.54. The van der Waals surface area contributed by atoms with Gasteiger partial charge in [-0.05, 0) is 18.4 Å². The fourth-order valence-electron chi connectivity index (χ4n) is 2.05. The Kier molecular flexibility index (Phi) is 5.14. The number of nitrogens with zero attached hydrogens (tertiary/aromatic N) is 3. The molecule has 2 aromatic rings. The summed E-state index contributed by atoms with van der Waals surface area (Å²) < 4.78 is 0. The zero-order chi connectivity index (χ0) is 15.4. The van der Waals surface area contributed by atoms with Gasteiger partial charge in [-0.2, -0.15) is 0 Å². The maximum atomic E-state index is 5.52. The maximum absolute atomic E-state index is 5.52. The summed E-state index contributed by atoms with van der Waals surface area (Å²) in [6, 6.07) is 6.49. The van der Waals surface area contributed by atoms with Crippen molar-refractivity contribution in [1.29, 1.82) is 0 Å². The van der Waals surface area contributed by atoms with Crippen LogP contribution < -0.4 is 16.2 Å². The Labute approximate surface area is 130 Å². The molecular weight excluding hydrogens is 282 g/mol. The van der Waals surface area contributed by atoms with E-state index < -0.39 is 0 Å². The van der Waals surface area contributed by atoms with Gasteiger partial charge in [0, 0.05) is 36.4 Å². The third-order valence-corrected chi connectivity index (χ3v) is 4.39. The van der Waals surface area contributed by atoms with Gasteiger partial charge in [-0.1, -0.05) is 19.9 Å². The third-order valence-electron chi connectivity index (χ3n) is 3.49. The number of anilines is 2. The Bertz CT molecular complexity index is 567. The smallest absolute Gasteiger partial charge is 0.145 e. The molecule has 0 aliphatic rings. The van der Waals surface area contributed by atoms with Crippen LogP contribution in [0.25, 0.3) is 0 Å². The number of hydrogen-bond acceptors (Lipinski definition) is 6. The normalized spacial score (nSPS) is 12.5. The summed E-state index contributed by atoms with van der Waals surface area (Å²) in [5, 5.41) is 2.11. The van der Waals surface area contributed by atoms with Gasteiger partial charge in [0.1, 0.15) is 17.5 Å². The summed E-state index contributed by atoms with van der Waals surface area (Å²) in [7, 11) is 2.06. The molecule has 0 bridgehead atoms. The summed E-state index contributed by atoms with van der Waals surface area (Å²) >= 11 is 1.79. The first-order chi connectivity index (χ1) is 10.0. The van der Waals surface area contributed by atoms with Crippen molar-refractivity contribution in [3.8, 4) is 0 Å². The highest BCUT2D eigenvalue weighted by molar-refractivity contribution is 7.09. The maximum Gasteiger partial charge on any atom is 0.145 e. The molecular formula is C15H23N5S. The minimum Gasteiger partial charge on any atom is -0.356 e. The first-order valence-electron chi connectivity index (χ1n) is 7.12. The van der Waals surface area contributed by atoms with Gasteiger partial charge in [0.15, 0.2) is 0 Å². The first-order valence-corrected chi connectivity index (χ1v) is 8.00. The Morgan fingerprint density at radius 1 is 1.33 bits per heavy atom. The standard InChI is InChI=1S/C15H23N5S/c1-10(2)15-17-13(19-16)9-14(18-15)20(4)11(3)8-12-6-5-7-21-12/h5-7,9-11H,8,16H2,1-4H3,(H,17,18,19). The average molecular weight is 305 g/mol. The molecule has 0 radical (unpaired) electrons. The Balaban J connectivity index is 2.20. The molecule has 0 amide bonds. The van der Waals surface area contributed by atoms with Crippen LogP contribution in [0.15, 0.2) is 23.6 Å². The number of rotatable bonds is 6. The molecule has 0 aliphatic carbocycles. The molecule has 0 fully saturated rings. The van der Waals surface area contributed by atoms with Crippen LogP contribution in [0.3, 0.4) is 0 Å². The number of likely N-dealkylation sites (N-methyl/N-ethyl adjacent to an activating group) is 1. The molecule has 2 rings (SSSR count). The molecule has 0 spiro atoms. The van der Waals surface area contributed by atoms with Gasteiger partial charge in [-0.15, -0.1) is 11.3 Å². The van der Waals surface area contributed by atoms with Gasteiger partial charge >= 0.3 is 0 Å². The van der Waals surface area contributed by atoms with E-state index in [9.17, 15) is 0 Å². The van der Waals surface area contributed by atoms with Crippen LogP contribution in [0.4, 0.5) is 11.6 Å². The van der Waals surface area contributed by atoms with E-state index in [1.165, 1.54) is 4.88 Å². The number of nitrogen functional groups attached to an aromatic ring is 1. The van der Waals surface area contributed by atoms with E-state index in [1.54, 1.807) is 11.3 Å². The first kappa shape index (κ1) is 15.7. The minimum absolute atomic E-state index is 0.262. The Morgan fingerprint density at radius 2 is 2.10 bits per heavy atom. The molecule has 3 N–H and O–H groups in total. The van der Waals surface area contributed by atoms with Crippen molar-refractivity contribution in [2.75, 3.05) is 17.4 Å². The van der Waals surface area contributed by atoms with E-state index in [0.29, 0.717) is 11.9 Å². The van der Waals surface area contributed by atoms with Crippen LogP contribution in [0.2, 0.25) is 0 Å². The van der Waals surface area contributed by atoms with Gasteiger partial charge in [-0.3, -0.25) is 0 Å². The summed E-state index contributed by atoms with van der Waals surface area (Å²) in [4.78, 5) is 12.6. The van der Waals surface area contributed by atoms with Crippen molar-refractivity contribution in [1.82, 2.24) is 9.97 Å². The van der Waals surface area contributed by atoms with Crippen molar-refractivity contribution in [2.45, 2.75) is 39.2 Å². The third kappa shape index (κ3) is 3.92. The van der Waals surface area contributed by atoms with Crippen LogP contribution in [-0.2, 0) is 6.42 Å². The lowest BCUT2D eigenvalue weighted by molar-refractivity contribution is 0.671. The second-order valence-electron chi connectivity index (χ2n) is 5.51. The quantitative estimate of drug-likeness (QED) is 0.634. The molecule has 5 nitrogen and oxygen atoms in total. The van der Waals surface area contributed by atoms with Crippen molar-refractivity contribution >= 4 is 23.0 Å². The van der Waals surface area contributed by atoms with Crippen molar-refractivity contribution in [2.24, 2.45) is 5.84 Å². The Hall–Kier alpha value is -1.66. The summed E-state index contributed by atoms with van der Waals surface area (Å²) in [6.45, 7) is 6.36. The zero-order valence-corrected chi connectivity index (χ0v) is 13.8. The second kappa shape index (κ2) is 6.87. The monoisotopic (exact) mass is 305 g/mol. The van der Waals surface area contributed by atoms with Gasteiger partial charge < -0.3 is 10.3 Å². The topological polar surface area (TPSA) is 67.1 Å². The van der Waals surface area contributed by atoms with Gasteiger partial charge in [-0.25, -0.2) is 15.8 Å². The summed E-state index contributed by atoms with van der Waals surface area (Å²) in [6.07, 6.45) is 1.00. The van der Waals surface area contributed by atoms with Crippen molar-refractivity contribution in [3.05, 3.63) is 34.3 Å². The molecule has 1 atom stereocenters. The Morgan fingerprint density at radius 3 is 2.67 bits per heavy atom. The molecule has 6 heteroatoms. The van der Waals surface area contributed by atoms with E-state index >= 15 is 0 Å². The van der Waals surface area contributed by atoms with Crippen LogP contribution in [-0.4, -0.2) is 23.1 Å². The number of aromatic nitrogens is 2. The molecule has 0 aromatic carbocycles. The fraction of sp³-hybridized carbons (Fsp3) is 0.467. The van der Waals surface area contributed by atoms with Crippen LogP contribution in [0.5, 0.6) is 0 Å². The molecule has 0 aliphatic heterocycles. The van der Waals surface area contributed by atoms with Crippen LogP contribution in [0.1, 0.15) is 37.4 Å². The van der Waals surface area contributed by atoms with E-state index in [1.807, 2.05) is 6.07 Å². The molecule has 2 heterocycles. The number of hydrogen-bond donors (Lipinski definition) is 2. The molecule has 0 saturated carbocycles. The molecule has 1 unspecified atom stereocenters. The number of thiophene rings is 1. The van der Waals surface area contributed by atoms with Crippen LogP contribution >= 0.6 is 11.3 Å². The zero-order valence-electron chi connectivity index (χ0n) is 13.0. The lowest BCUT2D eigenvalue weighted by atomic mass is 10.2. The minimum atomic E-state index is 0.262. The fourth-order valence-corrected chi connectivity index (χ4v) is 2.87. The van der Waals surface area contributed by atoms with E-state index in [2.05, 4.69) is 65.6 Å². The van der Waals surface area contributed by atoms with E-state index in [0.717, 1.165) is 18.1 Å². The highest BCUT2D eigenvalue weighted by Crippen LogP contribution is 2.22.